The Labute approximate surface area is 181 Å². The van der Waals surface area contributed by atoms with Gasteiger partial charge in [-0.2, -0.15) is 0 Å². The van der Waals surface area contributed by atoms with Crippen molar-refractivity contribution >= 4 is 32.8 Å². The van der Waals surface area contributed by atoms with E-state index in [1.54, 1.807) is 54.6 Å². The number of hydrogen-bond acceptors (Lipinski definition) is 5. The highest BCUT2D eigenvalue weighted by Gasteiger charge is 2.40. The Morgan fingerprint density at radius 2 is 1.55 bits per heavy atom. The number of fused-ring (bicyclic) bond motifs is 1. The molecule has 6 nitrogen and oxygen atoms in total. The Hall–Kier alpha value is -3.58. The van der Waals surface area contributed by atoms with Crippen molar-refractivity contribution < 1.29 is 17.9 Å². The second-order valence-electron chi connectivity index (χ2n) is 7.11. The van der Waals surface area contributed by atoms with Crippen molar-refractivity contribution in [3.8, 4) is 5.75 Å². The van der Waals surface area contributed by atoms with E-state index in [9.17, 15) is 13.2 Å². The number of carbonyl (C=O) groups excluding carboxylic acids is 1. The highest BCUT2D eigenvalue weighted by molar-refractivity contribution is 7.97. The molecule has 1 amide bonds. The van der Waals surface area contributed by atoms with Crippen molar-refractivity contribution in [3.63, 3.8) is 0 Å². The van der Waals surface area contributed by atoms with Crippen LogP contribution in [0.1, 0.15) is 18.1 Å². The summed E-state index contributed by atoms with van der Waals surface area (Å²) in [7, 11) is -3.98. The Balaban J connectivity index is 1.75. The zero-order valence-electron chi connectivity index (χ0n) is 17.2. The van der Waals surface area contributed by atoms with E-state index in [4.69, 9.17) is 4.74 Å². The summed E-state index contributed by atoms with van der Waals surface area (Å²) >= 11 is 0. The van der Waals surface area contributed by atoms with Gasteiger partial charge in [-0.05, 0) is 56.3 Å². The maximum absolute atomic E-state index is 13.2. The molecule has 1 aliphatic rings. The van der Waals surface area contributed by atoms with Gasteiger partial charge in [0.15, 0.2) is 4.91 Å². The molecule has 0 bridgehead atoms. The van der Waals surface area contributed by atoms with Gasteiger partial charge in [-0.15, -0.1) is 0 Å². The maximum Gasteiger partial charge on any atom is 0.269 e. The van der Waals surface area contributed by atoms with E-state index < -0.39 is 15.7 Å². The fraction of sp³-hybridized carbons (Fsp3) is 0.125. The molecule has 3 aromatic carbocycles. The summed E-state index contributed by atoms with van der Waals surface area (Å²) in [5.74, 6) is 0.0206. The van der Waals surface area contributed by atoms with Crippen molar-refractivity contribution in [2.45, 2.75) is 18.7 Å². The summed E-state index contributed by atoms with van der Waals surface area (Å²) in [6, 6.07) is 20.9. The lowest BCUT2D eigenvalue weighted by Crippen LogP contribution is -2.20. The zero-order chi connectivity index (χ0) is 22.0. The van der Waals surface area contributed by atoms with Gasteiger partial charge in [-0.1, -0.05) is 35.9 Å². The molecule has 0 fully saturated rings. The molecule has 0 saturated heterocycles. The predicted octanol–water partition coefficient (Wildman–Crippen LogP) is 4.60. The van der Waals surface area contributed by atoms with Crippen molar-refractivity contribution in [2.75, 3.05) is 17.2 Å². The molecule has 0 atom stereocenters. The van der Waals surface area contributed by atoms with Crippen LogP contribution >= 0.6 is 0 Å². The van der Waals surface area contributed by atoms with Crippen LogP contribution < -0.4 is 15.4 Å². The molecule has 1 heterocycles. The minimum Gasteiger partial charge on any atom is -0.494 e. The summed E-state index contributed by atoms with van der Waals surface area (Å²) in [5.41, 5.74) is 2.92. The van der Waals surface area contributed by atoms with E-state index in [1.165, 1.54) is 6.07 Å². The van der Waals surface area contributed by atoms with Gasteiger partial charge >= 0.3 is 0 Å². The third kappa shape index (κ3) is 4.04. The lowest BCUT2D eigenvalue weighted by atomic mass is 10.1. The minimum absolute atomic E-state index is 0.109. The van der Waals surface area contributed by atoms with Gasteiger partial charge in [0.1, 0.15) is 5.75 Å². The summed E-state index contributed by atoms with van der Waals surface area (Å²) in [4.78, 5) is 12.9. The molecule has 0 radical (unpaired) electrons. The second-order valence-corrected chi connectivity index (χ2v) is 8.96. The molecule has 0 saturated carbocycles. The monoisotopic (exact) mass is 434 g/mol. The fourth-order valence-corrected chi connectivity index (χ4v) is 5.07. The van der Waals surface area contributed by atoms with Gasteiger partial charge in [0, 0.05) is 16.9 Å². The van der Waals surface area contributed by atoms with Crippen LogP contribution in [0.2, 0.25) is 0 Å². The van der Waals surface area contributed by atoms with E-state index in [-0.39, 0.29) is 15.5 Å². The molecule has 0 spiro atoms. The summed E-state index contributed by atoms with van der Waals surface area (Å²) in [5, 5.41) is 5.84. The average molecular weight is 435 g/mol. The van der Waals surface area contributed by atoms with Crippen molar-refractivity contribution in [1.29, 1.82) is 0 Å². The van der Waals surface area contributed by atoms with E-state index in [1.807, 2.05) is 26.0 Å². The zero-order valence-corrected chi connectivity index (χ0v) is 18.0. The quantitative estimate of drug-likeness (QED) is 0.592. The first-order chi connectivity index (χ1) is 14.9. The van der Waals surface area contributed by atoms with Crippen LogP contribution in [0.15, 0.2) is 82.6 Å². The molecule has 158 valence electrons. The molecule has 0 aromatic heterocycles. The number of carbonyl (C=O) groups is 1. The molecule has 2 N–H and O–H groups in total. The van der Waals surface area contributed by atoms with E-state index in [0.29, 0.717) is 29.3 Å². The number of benzene rings is 3. The molecular weight excluding hydrogens is 412 g/mol. The number of rotatable bonds is 6. The number of ether oxygens (including phenoxy) is 1. The number of sulfone groups is 1. The van der Waals surface area contributed by atoms with Gasteiger partial charge in [-0.25, -0.2) is 8.42 Å². The second kappa shape index (κ2) is 8.28. The normalized spacial score (nSPS) is 14.1. The van der Waals surface area contributed by atoms with Crippen LogP contribution in [0.25, 0.3) is 5.70 Å². The summed E-state index contributed by atoms with van der Waals surface area (Å²) < 4.78 is 31.9. The Morgan fingerprint density at radius 3 is 2.23 bits per heavy atom. The van der Waals surface area contributed by atoms with Crippen LogP contribution in [-0.4, -0.2) is 20.9 Å². The SMILES string of the molecule is CCOc1ccc(NC2=C(C(=O)Nc3ccc(C)cc3)S(=O)(=O)c3ccccc32)cc1. The predicted molar refractivity (Wildman–Crippen MR) is 122 cm³/mol. The third-order valence-electron chi connectivity index (χ3n) is 4.89. The van der Waals surface area contributed by atoms with Crippen LogP contribution in [-0.2, 0) is 14.6 Å². The van der Waals surface area contributed by atoms with E-state index >= 15 is 0 Å². The van der Waals surface area contributed by atoms with Gasteiger partial charge in [0.2, 0.25) is 9.84 Å². The standard InChI is InChI=1S/C24H22N2O4S/c1-3-30-19-14-12-17(13-15-19)25-22-20-6-4-5-7-21(20)31(28,29)23(22)24(27)26-18-10-8-16(2)9-11-18/h4-15,25H,3H2,1-2H3,(H,26,27). The van der Waals surface area contributed by atoms with Crippen LogP contribution in [0.5, 0.6) is 5.75 Å². The fourth-order valence-electron chi connectivity index (χ4n) is 3.40. The van der Waals surface area contributed by atoms with Crippen molar-refractivity contribution in [2.24, 2.45) is 0 Å². The Bertz CT molecular complexity index is 1260. The first kappa shape index (κ1) is 20.7. The molecule has 0 aliphatic carbocycles. The Kier molecular flexibility index (Phi) is 5.52. The highest BCUT2D eigenvalue weighted by atomic mass is 32.2. The molecule has 1 aliphatic heterocycles. The number of hydrogen-bond donors (Lipinski definition) is 2. The lowest BCUT2D eigenvalue weighted by molar-refractivity contribution is -0.112. The van der Waals surface area contributed by atoms with E-state index in [2.05, 4.69) is 10.6 Å². The summed E-state index contributed by atoms with van der Waals surface area (Å²) in [6.07, 6.45) is 0. The minimum atomic E-state index is -3.98. The molecular formula is C24H22N2O4S. The number of amides is 1. The maximum atomic E-state index is 13.2. The number of anilines is 2. The summed E-state index contributed by atoms with van der Waals surface area (Å²) in [6.45, 7) is 4.38. The third-order valence-corrected chi connectivity index (χ3v) is 6.75. The van der Waals surface area contributed by atoms with E-state index in [0.717, 1.165) is 5.56 Å². The van der Waals surface area contributed by atoms with Crippen LogP contribution in [0.3, 0.4) is 0 Å². The van der Waals surface area contributed by atoms with Gasteiger partial charge < -0.3 is 15.4 Å². The largest absolute Gasteiger partial charge is 0.494 e. The van der Waals surface area contributed by atoms with Gasteiger partial charge in [0.05, 0.1) is 17.2 Å². The highest BCUT2D eigenvalue weighted by Crippen LogP contribution is 2.40. The molecule has 4 rings (SSSR count). The van der Waals surface area contributed by atoms with Crippen molar-refractivity contribution in [3.05, 3.63) is 88.8 Å². The first-order valence-corrected chi connectivity index (χ1v) is 11.3. The smallest absolute Gasteiger partial charge is 0.269 e. The van der Waals surface area contributed by atoms with Crippen LogP contribution in [0.4, 0.5) is 11.4 Å². The molecule has 31 heavy (non-hydrogen) atoms. The van der Waals surface area contributed by atoms with Gasteiger partial charge in [-0.3, -0.25) is 4.79 Å². The number of nitrogens with one attached hydrogen (secondary N) is 2. The molecule has 3 aromatic rings. The topological polar surface area (TPSA) is 84.5 Å². The molecule has 7 heteroatoms. The first-order valence-electron chi connectivity index (χ1n) is 9.87. The van der Waals surface area contributed by atoms with Crippen molar-refractivity contribution in [1.82, 2.24) is 0 Å². The molecule has 0 unspecified atom stereocenters. The Morgan fingerprint density at radius 1 is 0.903 bits per heavy atom. The lowest BCUT2D eigenvalue weighted by Gasteiger charge is -2.12. The number of aryl methyl sites for hydroxylation is 1. The van der Waals surface area contributed by atoms with Gasteiger partial charge in [0.25, 0.3) is 5.91 Å². The average Bonchev–Trinajstić information content (AvgIpc) is 2.98. The van der Waals surface area contributed by atoms with Crippen LogP contribution in [0, 0.1) is 6.92 Å².